The van der Waals surface area contributed by atoms with Crippen LogP contribution < -0.4 is 10.2 Å². The molecule has 0 spiro atoms. The molecule has 2 aromatic carbocycles. The molecule has 0 aliphatic carbocycles. The van der Waals surface area contributed by atoms with Crippen LogP contribution in [0.5, 0.6) is 0 Å². The topological polar surface area (TPSA) is 49.4 Å². The van der Waals surface area contributed by atoms with Crippen molar-refractivity contribution < 1.29 is 9.59 Å². The number of hydrogen-bond acceptors (Lipinski definition) is 3. The van der Waals surface area contributed by atoms with Gasteiger partial charge < -0.3 is 10.2 Å². The SMILES string of the molecule is C[C@@H](NC(=O)CCN1C(=O)CSc2ccccc21)c1cccc(Cl)c1. The summed E-state index contributed by atoms with van der Waals surface area (Å²) in [6, 6.07) is 15.1. The first-order valence-electron chi connectivity index (χ1n) is 8.11. The van der Waals surface area contributed by atoms with Crippen LogP contribution in [0.25, 0.3) is 0 Å². The first-order chi connectivity index (χ1) is 12.0. The number of para-hydroxylation sites is 1. The summed E-state index contributed by atoms with van der Waals surface area (Å²) in [5.41, 5.74) is 1.84. The molecule has 1 atom stereocenters. The Hall–Kier alpha value is -1.98. The van der Waals surface area contributed by atoms with E-state index in [9.17, 15) is 9.59 Å². The molecule has 1 N–H and O–H groups in total. The van der Waals surface area contributed by atoms with Crippen LogP contribution in [0.3, 0.4) is 0 Å². The molecule has 1 heterocycles. The molecule has 1 aliphatic heterocycles. The minimum Gasteiger partial charge on any atom is -0.350 e. The predicted octanol–water partition coefficient (Wildman–Crippen LogP) is 4.05. The van der Waals surface area contributed by atoms with Crippen LogP contribution in [-0.2, 0) is 9.59 Å². The van der Waals surface area contributed by atoms with Crippen molar-refractivity contribution in [2.75, 3.05) is 17.2 Å². The highest BCUT2D eigenvalue weighted by Crippen LogP contribution is 2.34. The van der Waals surface area contributed by atoms with Gasteiger partial charge in [-0.1, -0.05) is 35.9 Å². The molecule has 0 aromatic heterocycles. The molecule has 6 heteroatoms. The molecule has 0 radical (unpaired) electrons. The quantitative estimate of drug-likeness (QED) is 0.859. The van der Waals surface area contributed by atoms with Crippen molar-refractivity contribution in [2.24, 2.45) is 0 Å². The average Bonchev–Trinajstić information content (AvgIpc) is 2.61. The van der Waals surface area contributed by atoms with Crippen LogP contribution in [0.2, 0.25) is 5.02 Å². The molecule has 0 fully saturated rings. The third-order valence-corrected chi connectivity index (χ3v) is 5.38. The Morgan fingerprint density at radius 1 is 1.28 bits per heavy atom. The van der Waals surface area contributed by atoms with Gasteiger partial charge >= 0.3 is 0 Å². The summed E-state index contributed by atoms with van der Waals surface area (Å²) < 4.78 is 0. The number of nitrogens with zero attached hydrogens (tertiary/aromatic N) is 1. The Kier molecular flexibility index (Phi) is 5.66. The average molecular weight is 375 g/mol. The molecule has 1 aliphatic rings. The van der Waals surface area contributed by atoms with Crippen molar-refractivity contribution in [3.05, 3.63) is 59.1 Å². The van der Waals surface area contributed by atoms with Gasteiger partial charge in [0.15, 0.2) is 0 Å². The maximum Gasteiger partial charge on any atom is 0.237 e. The molecular formula is C19H19ClN2O2S. The lowest BCUT2D eigenvalue weighted by Crippen LogP contribution is -2.38. The Morgan fingerprint density at radius 2 is 2.08 bits per heavy atom. The summed E-state index contributed by atoms with van der Waals surface area (Å²) in [6.07, 6.45) is 0.260. The zero-order valence-electron chi connectivity index (χ0n) is 13.9. The van der Waals surface area contributed by atoms with Crippen molar-refractivity contribution in [2.45, 2.75) is 24.3 Å². The van der Waals surface area contributed by atoms with Crippen LogP contribution in [0.1, 0.15) is 24.9 Å². The maximum absolute atomic E-state index is 12.3. The first kappa shape index (κ1) is 17.8. The van der Waals surface area contributed by atoms with Crippen LogP contribution in [-0.4, -0.2) is 24.1 Å². The summed E-state index contributed by atoms with van der Waals surface area (Å²) in [6.45, 7) is 2.30. The zero-order valence-corrected chi connectivity index (χ0v) is 15.4. The van der Waals surface area contributed by atoms with E-state index in [2.05, 4.69) is 5.32 Å². The van der Waals surface area contributed by atoms with Gasteiger partial charge in [0.25, 0.3) is 0 Å². The van der Waals surface area contributed by atoms with Crippen molar-refractivity contribution in [3.63, 3.8) is 0 Å². The molecule has 0 saturated heterocycles. The normalized spacial score (nSPS) is 14.8. The second-order valence-corrected chi connectivity index (χ2v) is 7.35. The van der Waals surface area contributed by atoms with E-state index in [-0.39, 0.29) is 24.3 Å². The van der Waals surface area contributed by atoms with Crippen molar-refractivity contribution in [1.29, 1.82) is 0 Å². The molecule has 0 unspecified atom stereocenters. The Balaban J connectivity index is 1.60. The number of anilines is 1. The largest absolute Gasteiger partial charge is 0.350 e. The molecule has 0 bridgehead atoms. The standard InChI is InChI=1S/C19H19ClN2O2S/c1-13(14-5-4-6-15(20)11-14)21-18(23)9-10-22-16-7-2-3-8-17(16)25-12-19(22)24/h2-8,11,13H,9-10,12H2,1H3,(H,21,23)/t13-/m1/s1. The third kappa shape index (κ3) is 4.35. The molecule has 3 rings (SSSR count). The lowest BCUT2D eigenvalue weighted by Gasteiger charge is -2.28. The summed E-state index contributed by atoms with van der Waals surface area (Å²) in [5.74, 6) is 0.368. The number of nitrogens with one attached hydrogen (secondary N) is 1. The summed E-state index contributed by atoms with van der Waals surface area (Å²) >= 11 is 7.53. The summed E-state index contributed by atoms with van der Waals surface area (Å²) in [7, 11) is 0. The van der Waals surface area contributed by atoms with Gasteiger partial charge in [-0.2, -0.15) is 0 Å². The van der Waals surface area contributed by atoms with E-state index in [0.29, 0.717) is 17.3 Å². The van der Waals surface area contributed by atoms with Crippen molar-refractivity contribution in [1.82, 2.24) is 5.32 Å². The van der Waals surface area contributed by atoms with E-state index in [4.69, 9.17) is 11.6 Å². The highest BCUT2D eigenvalue weighted by Gasteiger charge is 2.24. The summed E-state index contributed by atoms with van der Waals surface area (Å²) in [4.78, 5) is 27.3. The minimum atomic E-state index is -0.133. The van der Waals surface area contributed by atoms with Gasteiger partial charge in [0, 0.05) is 22.9 Å². The molecule has 130 valence electrons. The van der Waals surface area contributed by atoms with E-state index >= 15 is 0 Å². The number of hydrogen-bond donors (Lipinski definition) is 1. The van der Waals surface area contributed by atoms with Crippen LogP contribution in [0.4, 0.5) is 5.69 Å². The second-order valence-electron chi connectivity index (χ2n) is 5.90. The van der Waals surface area contributed by atoms with E-state index in [1.165, 1.54) is 11.8 Å². The lowest BCUT2D eigenvalue weighted by molar-refractivity contribution is -0.121. The Bertz CT molecular complexity index is 796. The van der Waals surface area contributed by atoms with Gasteiger partial charge in [-0.15, -0.1) is 11.8 Å². The number of fused-ring (bicyclic) bond motifs is 1. The highest BCUT2D eigenvalue weighted by molar-refractivity contribution is 8.00. The number of halogens is 1. The summed E-state index contributed by atoms with van der Waals surface area (Å²) in [5, 5.41) is 3.61. The molecule has 0 saturated carbocycles. The number of carbonyl (C=O) groups excluding carboxylic acids is 2. The van der Waals surface area contributed by atoms with Gasteiger partial charge in [-0.3, -0.25) is 9.59 Å². The van der Waals surface area contributed by atoms with Crippen molar-refractivity contribution in [3.8, 4) is 0 Å². The highest BCUT2D eigenvalue weighted by atomic mass is 35.5. The van der Waals surface area contributed by atoms with Crippen LogP contribution >= 0.6 is 23.4 Å². The number of amides is 2. The van der Waals surface area contributed by atoms with Crippen molar-refractivity contribution >= 4 is 40.9 Å². The second kappa shape index (κ2) is 7.93. The van der Waals surface area contributed by atoms with E-state index < -0.39 is 0 Å². The molecule has 2 aromatic rings. The Morgan fingerprint density at radius 3 is 2.88 bits per heavy atom. The van der Waals surface area contributed by atoms with Crippen LogP contribution in [0, 0.1) is 0 Å². The minimum absolute atomic E-state index is 0.0411. The van der Waals surface area contributed by atoms with E-state index in [1.807, 2.05) is 49.4 Å². The fraction of sp³-hybridized carbons (Fsp3) is 0.263. The fourth-order valence-electron chi connectivity index (χ4n) is 2.79. The number of rotatable bonds is 5. The number of benzene rings is 2. The van der Waals surface area contributed by atoms with Gasteiger partial charge in [0.05, 0.1) is 17.5 Å². The first-order valence-corrected chi connectivity index (χ1v) is 9.48. The van der Waals surface area contributed by atoms with E-state index in [0.717, 1.165) is 16.1 Å². The predicted molar refractivity (Wildman–Crippen MR) is 102 cm³/mol. The molecule has 4 nitrogen and oxygen atoms in total. The maximum atomic E-state index is 12.3. The number of carbonyl (C=O) groups is 2. The van der Waals surface area contributed by atoms with Gasteiger partial charge in [0.2, 0.25) is 11.8 Å². The van der Waals surface area contributed by atoms with Gasteiger partial charge in [-0.25, -0.2) is 0 Å². The molecule has 2 amide bonds. The molecule has 25 heavy (non-hydrogen) atoms. The van der Waals surface area contributed by atoms with Gasteiger partial charge in [0.1, 0.15) is 0 Å². The molecular weight excluding hydrogens is 356 g/mol. The van der Waals surface area contributed by atoms with Gasteiger partial charge in [-0.05, 0) is 36.8 Å². The third-order valence-electron chi connectivity index (χ3n) is 4.10. The lowest BCUT2D eigenvalue weighted by atomic mass is 10.1. The number of thioether (sulfide) groups is 1. The fourth-order valence-corrected chi connectivity index (χ4v) is 3.92. The smallest absolute Gasteiger partial charge is 0.237 e. The zero-order chi connectivity index (χ0) is 17.8. The van der Waals surface area contributed by atoms with E-state index in [1.54, 1.807) is 11.0 Å². The Labute approximate surface area is 156 Å². The monoisotopic (exact) mass is 374 g/mol. The van der Waals surface area contributed by atoms with Crippen LogP contribution in [0.15, 0.2) is 53.4 Å².